The van der Waals surface area contributed by atoms with Gasteiger partial charge in [0.25, 0.3) is 0 Å². The molecule has 2 aliphatic rings. The molecule has 4 nitrogen and oxygen atoms in total. The largest absolute Gasteiger partial charge is 0.611 e. The van der Waals surface area contributed by atoms with Gasteiger partial charge in [-0.3, -0.25) is 0 Å². The third-order valence-corrected chi connectivity index (χ3v) is 5.49. The van der Waals surface area contributed by atoms with Crippen molar-refractivity contribution < 1.29 is 14.1 Å². The predicted molar refractivity (Wildman–Crippen MR) is 91.8 cm³/mol. The second-order valence-corrected chi connectivity index (χ2v) is 8.58. The maximum atomic E-state index is 12.3. The van der Waals surface area contributed by atoms with Crippen molar-refractivity contribution in [3.63, 3.8) is 0 Å². The fraction of sp³-hybridized carbons (Fsp3) is 0.500. The quantitative estimate of drug-likeness (QED) is 0.740. The zero-order chi connectivity index (χ0) is 16.6. The number of carbonyl (C=O) groups excluding carboxylic acids is 1. The number of carbonyl (C=O) groups is 1. The van der Waals surface area contributed by atoms with E-state index in [0.29, 0.717) is 13.1 Å². The van der Waals surface area contributed by atoms with Crippen LogP contribution in [-0.4, -0.2) is 40.0 Å². The zero-order valence-electron chi connectivity index (χ0n) is 13.9. The van der Waals surface area contributed by atoms with Crippen LogP contribution in [0, 0.1) is 0 Å². The lowest BCUT2D eigenvalue weighted by Crippen LogP contribution is -2.39. The number of fused-ring (bicyclic) bond motifs is 1. The van der Waals surface area contributed by atoms with Crippen LogP contribution in [-0.2, 0) is 22.3 Å². The molecule has 0 fully saturated rings. The molecule has 5 heteroatoms. The van der Waals surface area contributed by atoms with Gasteiger partial charge in [0, 0.05) is 31.1 Å². The van der Waals surface area contributed by atoms with Gasteiger partial charge in [-0.05, 0) is 49.5 Å². The monoisotopic (exact) mass is 333 g/mol. The van der Waals surface area contributed by atoms with E-state index in [2.05, 4.69) is 18.2 Å². The number of aryl methyl sites for hydroxylation is 1. The van der Waals surface area contributed by atoms with E-state index < -0.39 is 16.8 Å². The first-order valence-electron chi connectivity index (χ1n) is 8.02. The standard InChI is InChI=1S/C18H23NO3S/c1-18(2,3)22-17(20)19-9-4-5-15(12-19)14-7-6-13-8-10-23(21)16(13)11-14/h5-7,11H,4,8-10,12H2,1-3H3. The summed E-state index contributed by atoms with van der Waals surface area (Å²) in [5.74, 6) is 0.724. The van der Waals surface area contributed by atoms with Crippen LogP contribution in [0.3, 0.4) is 0 Å². The van der Waals surface area contributed by atoms with E-state index in [1.165, 1.54) is 5.56 Å². The molecule has 1 aromatic carbocycles. The summed E-state index contributed by atoms with van der Waals surface area (Å²) < 4.78 is 17.5. The molecule has 0 saturated carbocycles. The molecular formula is C18H23NO3S. The average molecular weight is 333 g/mol. The maximum absolute atomic E-state index is 12.3. The van der Waals surface area contributed by atoms with Gasteiger partial charge < -0.3 is 14.2 Å². The summed E-state index contributed by atoms with van der Waals surface area (Å²) in [6, 6.07) is 6.18. The Bertz CT molecular complexity index is 648. The molecule has 0 saturated heterocycles. The first-order chi connectivity index (χ1) is 10.8. The fourth-order valence-corrected chi connectivity index (χ4v) is 4.27. The van der Waals surface area contributed by atoms with E-state index in [1.54, 1.807) is 4.90 Å². The lowest BCUT2D eigenvalue weighted by molar-refractivity contribution is 0.0273. The zero-order valence-corrected chi connectivity index (χ0v) is 14.7. The first-order valence-corrected chi connectivity index (χ1v) is 9.34. The summed E-state index contributed by atoms with van der Waals surface area (Å²) >= 11 is -0.876. The number of rotatable bonds is 1. The average Bonchev–Trinajstić information content (AvgIpc) is 2.87. The number of ether oxygens (including phenoxy) is 1. The number of benzene rings is 1. The number of nitrogens with zero attached hydrogens (tertiary/aromatic N) is 1. The van der Waals surface area contributed by atoms with Crippen LogP contribution in [0.5, 0.6) is 0 Å². The van der Waals surface area contributed by atoms with Gasteiger partial charge in [-0.1, -0.05) is 18.2 Å². The molecule has 124 valence electrons. The lowest BCUT2D eigenvalue weighted by Gasteiger charge is -2.30. The summed E-state index contributed by atoms with van der Waals surface area (Å²) in [5.41, 5.74) is 2.87. The normalized spacial score (nSPS) is 21.0. The van der Waals surface area contributed by atoms with Crippen molar-refractivity contribution in [2.75, 3.05) is 18.8 Å². The van der Waals surface area contributed by atoms with Gasteiger partial charge in [-0.2, -0.15) is 0 Å². The van der Waals surface area contributed by atoms with Crippen molar-refractivity contribution in [3.05, 3.63) is 35.4 Å². The summed E-state index contributed by atoms with van der Waals surface area (Å²) in [6.45, 7) is 6.85. The molecule has 1 amide bonds. The van der Waals surface area contributed by atoms with Crippen LogP contribution in [0.2, 0.25) is 0 Å². The van der Waals surface area contributed by atoms with E-state index >= 15 is 0 Å². The Labute approximate surface area is 140 Å². The van der Waals surface area contributed by atoms with Crippen molar-refractivity contribution in [1.29, 1.82) is 0 Å². The van der Waals surface area contributed by atoms with E-state index in [-0.39, 0.29) is 6.09 Å². The van der Waals surface area contributed by atoms with Gasteiger partial charge in [-0.25, -0.2) is 4.79 Å². The fourth-order valence-electron chi connectivity index (χ4n) is 2.92. The van der Waals surface area contributed by atoms with Crippen LogP contribution in [0.15, 0.2) is 29.2 Å². The molecule has 2 aliphatic heterocycles. The highest BCUT2D eigenvalue weighted by Gasteiger charge is 2.27. The highest BCUT2D eigenvalue weighted by Crippen LogP contribution is 2.30. The molecule has 3 rings (SSSR count). The van der Waals surface area contributed by atoms with Crippen molar-refractivity contribution >= 4 is 22.8 Å². The van der Waals surface area contributed by atoms with Crippen molar-refractivity contribution in [1.82, 2.24) is 4.90 Å². The molecular weight excluding hydrogens is 310 g/mol. The molecule has 2 heterocycles. The van der Waals surface area contributed by atoms with E-state index in [0.717, 1.165) is 34.6 Å². The third-order valence-electron chi connectivity index (χ3n) is 4.04. The summed E-state index contributed by atoms with van der Waals surface area (Å²) in [7, 11) is 0. The molecule has 1 aromatic rings. The molecule has 23 heavy (non-hydrogen) atoms. The minimum absolute atomic E-state index is 0.271. The Balaban J connectivity index is 1.75. The minimum atomic E-state index is -0.876. The second-order valence-electron chi connectivity index (χ2n) is 7.04. The van der Waals surface area contributed by atoms with Gasteiger partial charge >= 0.3 is 6.09 Å². The Kier molecular flexibility index (Phi) is 4.43. The minimum Gasteiger partial charge on any atom is -0.611 e. The molecule has 1 atom stereocenters. The Morgan fingerprint density at radius 1 is 1.35 bits per heavy atom. The molecule has 0 spiro atoms. The molecule has 1 unspecified atom stereocenters. The van der Waals surface area contributed by atoms with Gasteiger partial charge in [-0.15, -0.1) is 0 Å². The third kappa shape index (κ3) is 3.72. The van der Waals surface area contributed by atoms with Crippen molar-refractivity contribution in [3.8, 4) is 0 Å². The maximum Gasteiger partial charge on any atom is 0.410 e. The number of hydrogen-bond donors (Lipinski definition) is 0. The van der Waals surface area contributed by atoms with Gasteiger partial charge in [0.05, 0.1) is 0 Å². The van der Waals surface area contributed by atoms with Crippen LogP contribution in [0.25, 0.3) is 5.57 Å². The Morgan fingerprint density at radius 2 is 2.13 bits per heavy atom. The van der Waals surface area contributed by atoms with Crippen molar-refractivity contribution in [2.24, 2.45) is 0 Å². The van der Waals surface area contributed by atoms with Crippen LogP contribution in [0.1, 0.15) is 38.3 Å². The first kappa shape index (κ1) is 16.4. The van der Waals surface area contributed by atoms with Crippen molar-refractivity contribution in [2.45, 2.75) is 44.1 Å². The van der Waals surface area contributed by atoms with E-state index in [1.807, 2.05) is 26.8 Å². The van der Waals surface area contributed by atoms with Crippen LogP contribution >= 0.6 is 0 Å². The van der Waals surface area contributed by atoms with Crippen LogP contribution < -0.4 is 0 Å². The van der Waals surface area contributed by atoms with Gasteiger partial charge in [0.2, 0.25) is 0 Å². The molecule has 0 aromatic heterocycles. The highest BCUT2D eigenvalue weighted by molar-refractivity contribution is 7.91. The second kappa shape index (κ2) is 6.21. The lowest BCUT2D eigenvalue weighted by atomic mass is 9.99. The Morgan fingerprint density at radius 3 is 2.87 bits per heavy atom. The summed E-state index contributed by atoms with van der Waals surface area (Å²) in [6.07, 6.45) is 3.60. The SMILES string of the molecule is CC(C)(C)OC(=O)N1CCC=C(c2ccc3c(c2)[S+]([O-])CC3)C1. The van der Waals surface area contributed by atoms with Crippen LogP contribution in [0.4, 0.5) is 4.79 Å². The predicted octanol–water partition coefficient (Wildman–Crippen LogP) is 3.37. The summed E-state index contributed by atoms with van der Waals surface area (Å²) in [4.78, 5) is 15.0. The highest BCUT2D eigenvalue weighted by atomic mass is 32.2. The smallest absolute Gasteiger partial charge is 0.410 e. The molecule has 0 N–H and O–H groups in total. The summed E-state index contributed by atoms with van der Waals surface area (Å²) in [5, 5.41) is 0. The molecule has 0 aliphatic carbocycles. The topological polar surface area (TPSA) is 52.6 Å². The van der Waals surface area contributed by atoms with Gasteiger partial charge in [0.1, 0.15) is 11.4 Å². The van der Waals surface area contributed by atoms with E-state index in [4.69, 9.17) is 4.74 Å². The molecule has 0 radical (unpaired) electrons. The Hall–Kier alpha value is -1.46. The van der Waals surface area contributed by atoms with Gasteiger partial charge in [0.15, 0.2) is 4.90 Å². The molecule has 0 bridgehead atoms. The number of hydrogen-bond acceptors (Lipinski definition) is 3. The van der Waals surface area contributed by atoms with E-state index in [9.17, 15) is 9.35 Å². The number of amides is 1.